The van der Waals surface area contributed by atoms with E-state index in [1.165, 1.54) is 23.5 Å². The first-order valence-corrected chi connectivity index (χ1v) is 8.71. The molecule has 120 valence electrons. The second-order valence-corrected chi connectivity index (χ2v) is 6.64. The number of rotatable bonds is 4. The highest BCUT2D eigenvalue weighted by atomic mass is 32.1. The van der Waals surface area contributed by atoms with Gasteiger partial charge in [-0.1, -0.05) is 18.2 Å². The van der Waals surface area contributed by atoms with Crippen molar-refractivity contribution in [2.75, 3.05) is 4.90 Å². The number of benzene rings is 2. The lowest BCUT2D eigenvalue weighted by molar-refractivity contribution is -0.119. The van der Waals surface area contributed by atoms with Crippen LogP contribution in [-0.2, 0) is 4.79 Å². The molecule has 24 heavy (non-hydrogen) atoms. The highest BCUT2D eigenvalue weighted by Crippen LogP contribution is 2.38. The van der Waals surface area contributed by atoms with Gasteiger partial charge in [-0.05, 0) is 49.2 Å². The van der Waals surface area contributed by atoms with Crippen molar-refractivity contribution in [2.24, 2.45) is 5.92 Å². The van der Waals surface area contributed by atoms with E-state index in [4.69, 9.17) is 0 Å². The van der Waals surface area contributed by atoms with Gasteiger partial charge >= 0.3 is 0 Å². The Bertz CT molecular complexity index is 857. The molecule has 1 heterocycles. The first kappa shape index (κ1) is 15.0. The van der Waals surface area contributed by atoms with Gasteiger partial charge in [0, 0.05) is 16.9 Å². The van der Waals surface area contributed by atoms with Crippen molar-refractivity contribution < 1.29 is 9.18 Å². The van der Waals surface area contributed by atoms with E-state index in [0.29, 0.717) is 5.13 Å². The summed E-state index contributed by atoms with van der Waals surface area (Å²) in [4.78, 5) is 19.1. The van der Waals surface area contributed by atoms with Crippen LogP contribution in [0.25, 0.3) is 11.3 Å². The van der Waals surface area contributed by atoms with Gasteiger partial charge in [-0.25, -0.2) is 9.37 Å². The fraction of sp³-hybridized carbons (Fsp3) is 0.158. The lowest BCUT2D eigenvalue weighted by Gasteiger charge is -2.19. The Morgan fingerprint density at radius 3 is 2.46 bits per heavy atom. The predicted octanol–water partition coefficient (Wildman–Crippen LogP) is 5.02. The average molecular weight is 338 g/mol. The number of para-hydroxylation sites is 1. The minimum absolute atomic E-state index is 0.0983. The molecule has 1 amide bonds. The normalized spacial score (nSPS) is 13.7. The van der Waals surface area contributed by atoms with Crippen LogP contribution in [0.3, 0.4) is 0 Å². The van der Waals surface area contributed by atoms with Gasteiger partial charge in [0.05, 0.1) is 11.4 Å². The van der Waals surface area contributed by atoms with E-state index in [1.807, 2.05) is 35.7 Å². The van der Waals surface area contributed by atoms with Crippen LogP contribution < -0.4 is 4.90 Å². The molecule has 0 N–H and O–H groups in total. The third kappa shape index (κ3) is 2.95. The number of anilines is 2. The second-order valence-electron chi connectivity index (χ2n) is 5.81. The Hall–Kier alpha value is -2.53. The van der Waals surface area contributed by atoms with Crippen LogP contribution in [0, 0.1) is 11.7 Å². The van der Waals surface area contributed by atoms with Crippen LogP contribution >= 0.6 is 11.3 Å². The molecule has 1 aliphatic carbocycles. The molecule has 0 atom stereocenters. The number of carbonyl (C=O) groups excluding carboxylic acids is 1. The van der Waals surface area contributed by atoms with Crippen LogP contribution in [0.4, 0.5) is 15.2 Å². The summed E-state index contributed by atoms with van der Waals surface area (Å²) in [6.45, 7) is 0. The number of nitrogens with zero attached hydrogens (tertiary/aromatic N) is 2. The highest BCUT2D eigenvalue weighted by Gasteiger charge is 2.35. The van der Waals surface area contributed by atoms with Crippen LogP contribution in [0.1, 0.15) is 12.8 Å². The van der Waals surface area contributed by atoms with Gasteiger partial charge in [-0.2, -0.15) is 0 Å². The standard InChI is InChI=1S/C19H15FN2OS/c20-15-10-8-13(9-11-15)17-12-24-19(21-17)22(18(23)14-6-7-14)16-4-2-1-3-5-16/h1-5,8-12,14H,6-7H2. The van der Waals surface area contributed by atoms with Crippen molar-refractivity contribution in [3.05, 3.63) is 65.8 Å². The number of thiazole rings is 1. The Labute approximate surface area is 143 Å². The van der Waals surface area contributed by atoms with E-state index in [-0.39, 0.29) is 17.6 Å². The molecule has 0 saturated heterocycles. The first-order chi connectivity index (χ1) is 11.7. The summed E-state index contributed by atoms with van der Waals surface area (Å²) in [7, 11) is 0. The van der Waals surface area contributed by atoms with E-state index in [1.54, 1.807) is 17.0 Å². The van der Waals surface area contributed by atoms with Gasteiger partial charge in [-0.3, -0.25) is 9.69 Å². The molecule has 0 radical (unpaired) electrons. The number of carbonyl (C=O) groups is 1. The highest BCUT2D eigenvalue weighted by molar-refractivity contribution is 7.14. The van der Waals surface area contributed by atoms with E-state index < -0.39 is 0 Å². The van der Waals surface area contributed by atoms with E-state index in [9.17, 15) is 9.18 Å². The van der Waals surface area contributed by atoms with Crippen molar-refractivity contribution in [2.45, 2.75) is 12.8 Å². The summed E-state index contributed by atoms with van der Waals surface area (Å²) in [5.41, 5.74) is 2.42. The summed E-state index contributed by atoms with van der Waals surface area (Å²) in [5, 5.41) is 2.55. The maximum Gasteiger partial charge on any atom is 0.236 e. The molecule has 0 aliphatic heterocycles. The van der Waals surface area contributed by atoms with Crippen LogP contribution in [0.5, 0.6) is 0 Å². The summed E-state index contributed by atoms with van der Waals surface area (Å²) in [5.74, 6) is -0.0754. The summed E-state index contributed by atoms with van der Waals surface area (Å²) >= 11 is 1.43. The van der Waals surface area contributed by atoms with Gasteiger partial charge in [0.25, 0.3) is 0 Å². The molecule has 5 heteroatoms. The Morgan fingerprint density at radius 2 is 1.79 bits per heavy atom. The quantitative estimate of drug-likeness (QED) is 0.669. The summed E-state index contributed by atoms with van der Waals surface area (Å²) in [6.07, 6.45) is 1.89. The first-order valence-electron chi connectivity index (χ1n) is 7.83. The zero-order chi connectivity index (χ0) is 16.5. The van der Waals surface area contributed by atoms with Gasteiger partial charge in [-0.15, -0.1) is 11.3 Å². The molecule has 2 aromatic carbocycles. The fourth-order valence-corrected chi connectivity index (χ4v) is 3.40. The molecule has 0 unspecified atom stereocenters. The maximum atomic E-state index is 13.1. The molecule has 3 aromatic rings. The van der Waals surface area contributed by atoms with Crippen LogP contribution in [0.2, 0.25) is 0 Å². The maximum absolute atomic E-state index is 13.1. The Balaban J connectivity index is 1.71. The van der Waals surface area contributed by atoms with Crippen LogP contribution in [0.15, 0.2) is 60.0 Å². The van der Waals surface area contributed by atoms with Crippen LogP contribution in [-0.4, -0.2) is 10.9 Å². The minimum atomic E-state index is -0.274. The zero-order valence-electron chi connectivity index (χ0n) is 12.9. The van der Waals surface area contributed by atoms with Gasteiger partial charge < -0.3 is 0 Å². The molecular formula is C19H15FN2OS. The molecule has 0 spiro atoms. The number of amides is 1. The third-order valence-corrected chi connectivity index (χ3v) is 4.81. The third-order valence-electron chi connectivity index (χ3n) is 3.98. The molecule has 1 fully saturated rings. The lowest BCUT2D eigenvalue weighted by Crippen LogP contribution is -2.27. The topological polar surface area (TPSA) is 33.2 Å². The largest absolute Gasteiger partial charge is 0.274 e. The van der Waals surface area contributed by atoms with E-state index in [0.717, 1.165) is 29.8 Å². The molecule has 1 aliphatic rings. The molecule has 3 nitrogen and oxygen atoms in total. The minimum Gasteiger partial charge on any atom is -0.274 e. The number of halogens is 1. The fourth-order valence-electron chi connectivity index (χ4n) is 2.54. The SMILES string of the molecule is O=C(C1CC1)N(c1ccccc1)c1nc(-c2ccc(F)cc2)cs1. The zero-order valence-corrected chi connectivity index (χ0v) is 13.7. The van der Waals surface area contributed by atoms with Gasteiger partial charge in [0.2, 0.25) is 5.91 Å². The van der Waals surface area contributed by atoms with Gasteiger partial charge in [0.1, 0.15) is 5.82 Å². The van der Waals surface area contributed by atoms with Gasteiger partial charge in [0.15, 0.2) is 5.13 Å². The van der Waals surface area contributed by atoms with Crippen molar-refractivity contribution in [3.8, 4) is 11.3 Å². The van der Waals surface area contributed by atoms with Crippen molar-refractivity contribution >= 4 is 28.1 Å². The predicted molar refractivity (Wildman–Crippen MR) is 93.8 cm³/mol. The molecule has 1 aromatic heterocycles. The van der Waals surface area contributed by atoms with Crippen molar-refractivity contribution in [1.82, 2.24) is 4.98 Å². The number of aromatic nitrogens is 1. The van der Waals surface area contributed by atoms with E-state index in [2.05, 4.69) is 4.98 Å². The molecular weight excluding hydrogens is 323 g/mol. The Kier molecular flexibility index (Phi) is 3.86. The molecule has 1 saturated carbocycles. The van der Waals surface area contributed by atoms with Crippen molar-refractivity contribution in [1.29, 1.82) is 0 Å². The number of hydrogen-bond donors (Lipinski definition) is 0. The summed E-state index contributed by atoms with van der Waals surface area (Å²) in [6, 6.07) is 15.8. The van der Waals surface area contributed by atoms with Crippen molar-refractivity contribution in [3.63, 3.8) is 0 Å². The average Bonchev–Trinajstić information content (AvgIpc) is 3.36. The second kappa shape index (κ2) is 6.17. The number of hydrogen-bond acceptors (Lipinski definition) is 3. The van der Waals surface area contributed by atoms with E-state index >= 15 is 0 Å². The monoisotopic (exact) mass is 338 g/mol. The smallest absolute Gasteiger partial charge is 0.236 e. The Morgan fingerprint density at radius 1 is 1.08 bits per heavy atom. The lowest BCUT2D eigenvalue weighted by atomic mass is 10.2. The molecule has 0 bridgehead atoms. The molecule has 4 rings (SSSR count). The summed E-state index contributed by atoms with van der Waals surface area (Å²) < 4.78 is 13.1.